The van der Waals surface area contributed by atoms with Gasteiger partial charge < -0.3 is 11.1 Å². The summed E-state index contributed by atoms with van der Waals surface area (Å²) in [4.78, 5) is 12.4. The number of thiocarbonyl (C=S) groups is 1. The first-order chi connectivity index (χ1) is 9.00. The molecule has 4 heteroatoms. The molecule has 1 aromatic rings. The van der Waals surface area contributed by atoms with Crippen molar-refractivity contribution in [1.82, 2.24) is 5.32 Å². The highest BCUT2D eigenvalue weighted by atomic mass is 32.1. The predicted molar refractivity (Wildman–Crippen MR) is 83.5 cm³/mol. The van der Waals surface area contributed by atoms with E-state index in [2.05, 4.69) is 19.2 Å². The van der Waals surface area contributed by atoms with Crippen LogP contribution in [-0.4, -0.2) is 17.4 Å². The molecule has 1 amide bonds. The van der Waals surface area contributed by atoms with Gasteiger partial charge in [0.05, 0.1) is 4.99 Å². The molecule has 0 bridgehead atoms. The summed E-state index contributed by atoms with van der Waals surface area (Å²) >= 11 is 4.80. The van der Waals surface area contributed by atoms with Crippen LogP contribution in [0, 0.1) is 0 Å². The third kappa shape index (κ3) is 5.83. The first kappa shape index (κ1) is 15.6. The molecule has 1 aromatic carbocycles. The molecular formula is C15H22N2OS. The van der Waals surface area contributed by atoms with Gasteiger partial charge in [0.2, 0.25) is 0 Å². The normalized spacial score (nSPS) is 10.5. The van der Waals surface area contributed by atoms with E-state index in [4.69, 9.17) is 18.0 Å². The van der Waals surface area contributed by atoms with Gasteiger partial charge in [-0.05, 0) is 42.9 Å². The standard InChI is InChI=1S/C15H22N2OS/c1-11(2)12-6-8-13(9-7-12)15(18)17-10-4-3-5-14(16)19/h6-9,11H,3-5,10H2,1-2H3,(H2,16,19)(H,17,18). The number of benzene rings is 1. The molecule has 0 aliphatic heterocycles. The van der Waals surface area contributed by atoms with E-state index >= 15 is 0 Å². The van der Waals surface area contributed by atoms with Crippen molar-refractivity contribution in [3.05, 3.63) is 35.4 Å². The summed E-state index contributed by atoms with van der Waals surface area (Å²) in [5.74, 6) is 0.461. The largest absolute Gasteiger partial charge is 0.393 e. The van der Waals surface area contributed by atoms with E-state index in [-0.39, 0.29) is 5.91 Å². The zero-order chi connectivity index (χ0) is 14.3. The molecule has 3 nitrogen and oxygen atoms in total. The summed E-state index contributed by atoms with van der Waals surface area (Å²) in [6.45, 7) is 4.93. The lowest BCUT2D eigenvalue weighted by Crippen LogP contribution is -2.24. The fourth-order valence-electron chi connectivity index (χ4n) is 1.75. The summed E-state index contributed by atoms with van der Waals surface area (Å²) < 4.78 is 0. The van der Waals surface area contributed by atoms with E-state index in [1.807, 2.05) is 24.3 Å². The van der Waals surface area contributed by atoms with Gasteiger partial charge in [-0.2, -0.15) is 0 Å². The van der Waals surface area contributed by atoms with Crippen LogP contribution in [0.4, 0.5) is 0 Å². The van der Waals surface area contributed by atoms with Gasteiger partial charge in [-0.15, -0.1) is 0 Å². The summed E-state index contributed by atoms with van der Waals surface area (Å²) in [6.07, 6.45) is 2.56. The molecular weight excluding hydrogens is 256 g/mol. The lowest BCUT2D eigenvalue weighted by molar-refractivity contribution is 0.0953. The van der Waals surface area contributed by atoms with Crippen molar-refractivity contribution >= 4 is 23.1 Å². The van der Waals surface area contributed by atoms with Gasteiger partial charge in [-0.3, -0.25) is 4.79 Å². The number of hydrogen-bond donors (Lipinski definition) is 2. The molecule has 0 aromatic heterocycles. The third-order valence-electron chi connectivity index (χ3n) is 2.98. The van der Waals surface area contributed by atoms with Crippen LogP contribution in [0.5, 0.6) is 0 Å². The second kappa shape index (κ2) is 7.89. The van der Waals surface area contributed by atoms with Gasteiger partial charge in [0.25, 0.3) is 5.91 Å². The molecule has 0 saturated carbocycles. The minimum Gasteiger partial charge on any atom is -0.393 e. The van der Waals surface area contributed by atoms with Crippen molar-refractivity contribution in [2.75, 3.05) is 6.54 Å². The molecule has 0 heterocycles. The summed E-state index contributed by atoms with van der Waals surface area (Å²) in [7, 11) is 0. The molecule has 19 heavy (non-hydrogen) atoms. The average molecular weight is 278 g/mol. The number of carbonyl (C=O) groups excluding carboxylic acids is 1. The predicted octanol–water partition coefficient (Wildman–Crippen LogP) is 3.00. The van der Waals surface area contributed by atoms with Crippen LogP contribution < -0.4 is 11.1 Å². The second-order valence-electron chi connectivity index (χ2n) is 4.96. The monoisotopic (exact) mass is 278 g/mol. The Morgan fingerprint density at radius 3 is 2.42 bits per heavy atom. The smallest absolute Gasteiger partial charge is 0.251 e. The number of carbonyl (C=O) groups is 1. The molecule has 0 atom stereocenters. The molecule has 3 N–H and O–H groups in total. The Labute approximate surface area is 120 Å². The SMILES string of the molecule is CC(C)c1ccc(C(=O)NCCCCC(N)=S)cc1. The fraction of sp³-hybridized carbons (Fsp3) is 0.467. The molecule has 0 unspecified atom stereocenters. The van der Waals surface area contributed by atoms with Crippen molar-refractivity contribution in [2.45, 2.75) is 39.0 Å². The number of nitrogens with one attached hydrogen (secondary N) is 1. The second-order valence-corrected chi connectivity index (χ2v) is 5.48. The van der Waals surface area contributed by atoms with Gasteiger partial charge in [0.1, 0.15) is 0 Å². The minimum absolute atomic E-state index is 0.0226. The van der Waals surface area contributed by atoms with Crippen LogP contribution in [0.1, 0.15) is 54.9 Å². The van der Waals surface area contributed by atoms with Gasteiger partial charge in [0.15, 0.2) is 0 Å². The Morgan fingerprint density at radius 2 is 1.89 bits per heavy atom. The van der Waals surface area contributed by atoms with Crippen LogP contribution in [-0.2, 0) is 0 Å². The maximum absolute atomic E-state index is 11.9. The number of nitrogens with two attached hydrogens (primary N) is 1. The van der Waals surface area contributed by atoms with E-state index in [0.717, 1.165) is 19.3 Å². The molecule has 0 saturated heterocycles. The Bertz CT molecular complexity index is 426. The minimum atomic E-state index is -0.0226. The first-order valence-electron chi connectivity index (χ1n) is 6.67. The Kier molecular flexibility index (Phi) is 6.50. The highest BCUT2D eigenvalue weighted by Gasteiger charge is 2.05. The number of amides is 1. The first-order valence-corrected chi connectivity index (χ1v) is 7.08. The zero-order valence-corrected chi connectivity index (χ0v) is 12.4. The Morgan fingerprint density at radius 1 is 1.26 bits per heavy atom. The fourth-order valence-corrected chi connectivity index (χ4v) is 1.89. The maximum atomic E-state index is 11.9. The van der Waals surface area contributed by atoms with E-state index < -0.39 is 0 Å². The van der Waals surface area contributed by atoms with Crippen LogP contribution in [0.2, 0.25) is 0 Å². The van der Waals surface area contributed by atoms with Gasteiger partial charge in [-0.25, -0.2) is 0 Å². The number of rotatable bonds is 7. The van der Waals surface area contributed by atoms with Crippen molar-refractivity contribution < 1.29 is 4.79 Å². The highest BCUT2D eigenvalue weighted by Crippen LogP contribution is 2.14. The quantitative estimate of drug-likeness (QED) is 0.595. The van der Waals surface area contributed by atoms with Gasteiger partial charge in [-0.1, -0.05) is 38.2 Å². The summed E-state index contributed by atoms with van der Waals surface area (Å²) in [5.41, 5.74) is 7.36. The Balaban J connectivity index is 2.35. The maximum Gasteiger partial charge on any atom is 0.251 e. The highest BCUT2D eigenvalue weighted by molar-refractivity contribution is 7.80. The van der Waals surface area contributed by atoms with Crippen LogP contribution in [0.25, 0.3) is 0 Å². The van der Waals surface area contributed by atoms with Crippen LogP contribution >= 0.6 is 12.2 Å². The van der Waals surface area contributed by atoms with Crippen LogP contribution in [0.15, 0.2) is 24.3 Å². The Hall–Kier alpha value is -1.42. The van der Waals surface area contributed by atoms with Crippen molar-refractivity contribution in [1.29, 1.82) is 0 Å². The van der Waals surface area contributed by atoms with E-state index in [1.165, 1.54) is 5.56 Å². The molecule has 0 aliphatic rings. The topological polar surface area (TPSA) is 55.1 Å². The van der Waals surface area contributed by atoms with E-state index in [1.54, 1.807) is 0 Å². The van der Waals surface area contributed by atoms with E-state index in [0.29, 0.717) is 23.0 Å². The van der Waals surface area contributed by atoms with Crippen molar-refractivity contribution in [3.63, 3.8) is 0 Å². The number of hydrogen-bond acceptors (Lipinski definition) is 2. The molecule has 0 radical (unpaired) electrons. The lowest BCUT2D eigenvalue weighted by atomic mass is 10.0. The van der Waals surface area contributed by atoms with Crippen LogP contribution in [0.3, 0.4) is 0 Å². The molecule has 104 valence electrons. The van der Waals surface area contributed by atoms with Gasteiger partial charge in [0, 0.05) is 12.1 Å². The van der Waals surface area contributed by atoms with Crippen molar-refractivity contribution in [3.8, 4) is 0 Å². The molecule has 1 rings (SSSR count). The number of unbranched alkanes of at least 4 members (excludes halogenated alkanes) is 1. The van der Waals surface area contributed by atoms with Crippen molar-refractivity contribution in [2.24, 2.45) is 5.73 Å². The lowest BCUT2D eigenvalue weighted by Gasteiger charge is -2.08. The average Bonchev–Trinajstić information content (AvgIpc) is 2.37. The molecule has 0 aliphatic carbocycles. The summed E-state index contributed by atoms with van der Waals surface area (Å²) in [6, 6.07) is 7.76. The van der Waals surface area contributed by atoms with E-state index in [9.17, 15) is 4.79 Å². The molecule has 0 spiro atoms. The third-order valence-corrected chi connectivity index (χ3v) is 3.18. The zero-order valence-electron chi connectivity index (χ0n) is 11.6. The summed E-state index contributed by atoms with van der Waals surface area (Å²) in [5, 5.41) is 2.90. The molecule has 0 fully saturated rings. The van der Waals surface area contributed by atoms with Gasteiger partial charge >= 0.3 is 0 Å².